The van der Waals surface area contributed by atoms with Crippen molar-refractivity contribution < 1.29 is 4.39 Å². The molecule has 3 nitrogen and oxygen atoms in total. The van der Waals surface area contributed by atoms with E-state index in [4.69, 9.17) is 0 Å². The van der Waals surface area contributed by atoms with Crippen LogP contribution in [0.1, 0.15) is 0 Å². The van der Waals surface area contributed by atoms with E-state index < -0.39 is 0 Å². The van der Waals surface area contributed by atoms with E-state index in [0.29, 0.717) is 11.4 Å². The van der Waals surface area contributed by atoms with Gasteiger partial charge in [0.1, 0.15) is 11.6 Å². The van der Waals surface area contributed by atoms with Crippen LogP contribution in [0.2, 0.25) is 0 Å². The molecule has 1 aromatic heterocycles. The van der Waals surface area contributed by atoms with Gasteiger partial charge in [-0.1, -0.05) is 24.8 Å². The minimum atomic E-state index is -0.299. The molecule has 0 unspecified atom stereocenters. The Bertz CT molecular complexity index is 671. The van der Waals surface area contributed by atoms with Gasteiger partial charge in [0, 0.05) is 13.2 Å². The van der Waals surface area contributed by atoms with E-state index in [2.05, 4.69) is 21.9 Å². The lowest BCUT2D eigenvalue weighted by Gasteiger charge is -1.96. The lowest BCUT2D eigenvalue weighted by atomic mass is 10.2. The van der Waals surface area contributed by atoms with Crippen LogP contribution in [0.5, 0.6) is 0 Å². The summed E-state index contributed by atoms with van der Waals surface area (Å²) in [6, 6.07) is 6.53. The van der Waals surface area contributed by atoms with Crippen LogP contribution in [0.4, 0.5) is 4.39 Å². The first-order valence-corrected chi connectivity index (χ1v) is 5.57. The van der Waals surface area contributed by atoms with Crippen molar-refractivity contribution in [3.05, 3.63) is 53.4 Å². The highest BCUT2D eigenvalue weighted by Crippen LogP contribution is 2.16. The summed E-state index contributed by atoms with van der Waals surface area (Å²) in [6.07, 6.45) is 5.19. The summed E-state index contributed by atoms with van der Waals surface area (Å²) in [5.74, 6) is 0.204. The Morgan fingerprint density at radius 2 is 2.17 bits per heavy atom. The molecule has 2 N–H and O–H groups in total. The lowest BCUT2D eigenvalue weighted by molar-refractivity contribution is 0.630. The molecular formula is C14H14FN3. The number of H-pyrrole nitrogens is 1. The Morgan fingerprint density at radius 1 is 1.39 bits per heavy atom. The van der Waals surface area contributed by atoms with Crippen LogP contribution in [0, 0.1) is 5.82 Å². The average molecular weight is 243 g/mol. The van der Waals surface area contributed by atoms with Gasteiger partial charge in [-0.05, 0) is 18.2 Å². The van der Waals surface area contributed by atoms with E-state index in [0.717, 1.165) is 10.7 Å². The van der Waals surface area contributed by atoms with Crippen molar-refractivity contribution in [2.75, 3.05) is 7.05 Å². The van der Waals surface area contributed by atoms with Crippen LogP contribution in [0.15, 0.2) is 36.9 Å². The monoisotopic (exact) mass is 243 g/mol. The number of hydrogen-bond acceptors (Lipinski definition) is 2. The maximum atomic E-state index is 13.7. The van der Waals surface area contributed by atoms with Gasteiger partial charge in [-0.25, -0.2) is 9.37 Å². The van der Waals surface area contributed by atoms with Gasteiger partial charge in [0.2, 0.25) is 0 Å². The van der Waals surface area contributed by atoms with Gasteiger partial charge >= 0.3 is 0 Å². The van der Waals surface area contributed by atoms with Gasteiger partial charge in [-0.3, -0.25) is 0 Å². The van der Waals surface area contributed by atoms with Gasteiger partial charge in [-0.15, -0.1) is 0 Å². The van der Waals surface area contributed by atoms with Crippen LogP contribution in [0.3, 0.4) is 0 Å². The molecule has 18 heavy (non-hydrogen) atoms. The van der Waals surface area contributed by atoms with E-state index in [-0.39, 0.29) is 5.82 Å². The molecule has 0 amide bonds. The van der Waals surface area contributed by atoms with Crippen molar-refractivity contribution in [2.45, 2.75) is 0 Å². The summed E-state index contributed by atoms with van der Waals surface area (Å²) in [4.78, 5) is 7.43. The molecule has 2 aromatic rings. The molecule has 0 saturated carbocycles. The van der Waals surface area contributed by atoms with Crippen LogP contribution in [-0.4, -0.2) is 17.0 Å². The van der Waals surface area contributed by atoms with E-state index in [1.54, 1.807) is 43.6 Å². The zero-order chi connectivity index (χ0) is 13.0. The average Bonchev–Trinajstić information content (AvgIpc) is 2.74. The number of hydrogen-bond donors (Lipinski definition) is 2. The summed E-state index contributed by atoms with van der Waals surface area (Å²) in [6.45, 7) is 3.64. The van der Waals surface area contributed by atoms with Crippen LogP contribution < -0.4 is 16.0 Å². The highest BCUT2D eigenvalue weighted by molar-refractivity contribution is 5.56. The third-order valence-corrected chi connectivity index (χ3v) is 2.45. The number of aromatic amines is 1. The molecule has 1 aromatic carbocycles. The summed E-state index contributed by atoms with van der Waals surface area (Å²) >= 11 is 0. The molecular weight excluding hydrogens is 229 g/mol. The fraction of sp³-hybridized carbons (Fsp3) is 0.0714. The minimum Gasteiger partial charge on any atom is -0.392 e. The molecule has 0 radical (unpaired) electrons. The topological polar surface area (TPSA) is 40.7 Å². The molecule has 0 aliphatic rings. The number of halogens is 1. The number of rotatable bonds is 3. The van der Waals surface area contributed by atoms with Crippen molar-refractivity contribution in [3.63, 3.8) is 0 Å². The van der Waals surface area contributed by atoms with Gasteiger partial charge in [0.15, 0.2) is 0 Å². The summed E-state index contributed by atoms with van der Waals surface area (Å²) in [7, 11) is 1.79. The SMILES string of the molecule is C=C/C=c1/nc(-c2ccccc2F)[nH]/c1=C/NC. The predicted octanol–water partition coefficient (Wildman–Crippen LogP) is 1.14. The minimum absolute atomic E-state index is 0.299. The molecule has 1 heterocycles. The van der Waals surface area contributed by atoms with Crippen molar-refractivity contribution in [1.29, 1.82) is 0 Å². The number of imidazole rings is 1. The number of benzene rings is 1. The standard InChI is InChI=1S/C14H14FN3/c1-3-6-12-13(9-16-2)18-14(17-12)10-7-4-5-8-11(10)15/h3-9,16H,1H2,2H3,(H,17,18)/b12-6+,13-9+. The normalized spacial score (nSPS) is 12.8. The van der Waals surface area contributed by atoms with E-state index >= 15 is 0 Å². The predicted molar refractivity (Wildman–Crippen MR) is 71.4 cm³/mol. The fourth-order valence-corrected chi connectivity index (χ4v) is 1.67. The molecule has 0 saturated heterocycles. The van der Waals surface area contributed by atoms with Crippen molar-refractivity contribution in [3.8, 4) is 11.4 Å². The first kappa shape index (κ1) is 12.1. The number of nitrogens with one attached hydrogen (secondary N) is 2. The number of allylic oxidation sites excluding steroid dienone is 1. The molecule has 0 bridgehead atoms. The quantitative estimate of drug-likeness (QED) is 0.848. The van der Waals surface area contributed by atoms with Gasteiger partial charge in [-0.2, -0.15) is 0 Å². The molecule has 0 spiro atoms. The molecule has 92 valence electrons. The first-order valence-electron chi connectivity index (χ1n) is 5.57. The van der Waals surface area contributed by atoms with Gasteiger partial charge in [0.25, 0.3) is 0 Å². The Labute approximate surface area is 104 Å². The Hall–Kier alpha value is -2.36. The highest BCUT2D eigenvalue weighted by Gasteiger charge is 2.07. The number of aromatic nitrogens is 2. The van der Waals surface area contributed by atoms with Crippen molar-refractivity contribution >= 4 is 12.3 Å². The second kappa shape index (κ2) is 5.31. The third-order valence-electron chi connectivity index (χ3n) is 2.45. The summed E-state index contributed by atoms with van der Waals surface area (Å²) in [5.41, 5.74) is 0.451. The molecule has 0 aliphatic carbocycles. The zero-order valence-corrected chi connectivity index (χ0v) is 10.1. The third kappa shape index (κ3) is 2.32. The Kier molecular flexibility index (Phi) is 3.57. The van der Waals surface area contributed by atoms with Crippen molar-refractivity contribution in [1.82, 2.24) is 15.3 Å². The van der Waals surface area contributed by atoms with Crippen LogP contribution in [0.25, 0.3) is 23.7 Å². The second-order valence-electron chi connectivity index (χ2n) is 3.70. The van der Waals surface area contributed by atoms with E-state index in [1.165, 1.54) is 6.07 Å². The maximum Gasteiger partial charge on any atom is 0.141 e. The van der Waals surface area contributed by atoms with Crippen LogP contribution in [-0.2, 0) is 0 Å². The smallest absolute Gasteiger partial charge is 0.141 e. The highest BCUT2D eigenvalue weighted by atomic mass is 19.1. The van der Waals surface area contributed by atoms with Gasteiger partial charge < -0.3 is 10.3 Å². The van der Waals surface area contributed by atoms with Crippen molar-refractivity contribution in [2.24, 2.45) is 0 Å². The van der Waals surface area contributed by atoms with Gasteiger partial charge in [0.05, 0.1) is 16.3 Å². The fourth-order valence-electron chi connectivity index (χ4n) is 1.67. The van der Waals surface area contributed by atoms with E-state index in [1.807, 2.05) is 0 Å². The Morgan fingerprint density at radius 3 is 2.83 bits per heavy atom. The van der Waals surface area contributed by atoms with Crippen LogP contribution >= 0.6 is 0 Å². The zero-order valence-electron chi connectivity index (χ0n) is 10.1. The van der Waals surface area contributed by atoms with E-state index in [9.17, 15) is 4.39 Å². The summed E-state index contributed by atoms with van der Waals surface area (Å²) in [5, 5.41) is 4.43. The number of nitrogens with zero attached hydrogens (tertiary/aromatic N) is 1. The molecule has 0 aliphatic heterocycles. The first-order chi connectivity index (χ1) is 8.76. The molecule has 0 fully saturated rings. The maximum absolute atomic E-state index is 13.7. The largest absolute Gasteiger partial charge is 0.392 e. The second-order valence-corrected chi connectivity index (χ2v) is 3.70. The molecule has 4 heteroatoms. The Balaban J connectivity index is 2.65. The summed E-state index contributed by atoms with van der Waals surface area (Å²) < 4.78 is 13.7. The lowest BCUT2D eigenvalue weighted by Crippen LogP contribution is -2.26. The molecule has 0 atom stereocenters. The molecule has 2 rings (SSSR count).